The van der Waals surface area contributed by atoms with E-state index >= 15 is 0 Å². The van der Waals surface area contributed by atoms with E-state index in [-0.39, 0.29) is 18.0 Å². The zero-order chi connectivity index (χ0) is 23.4. The molecule has 0 heterocycles. The molecule has 0 fully saturated rings. The van der Waals surface area contributed by atoms with Crippen molar-refractivity contribution < 1.29 is 18.7 Å². The molecule has 0 amide bonds. The molecule has 4 atom stereocenters. The molecule has 188 valence electrons. The summed E-state index contributed by atoms with van der Waals surface area (Å²) in [5, 5.41) is 0. The first-order chi connectivity index (χ1) is 14.9. The van der Waals surface area contributed by atoms with Gasteiger partial charge in [-0.1, -0.05) is 112 Å². The summed E-state index contributed by atoms with van der Waals surface area (Å²) in [6.07, 6.45) is 18.0. The zero-order valence-electron chi connectivity index (χ0n) is 21.6. The van der Waals surface area contributed by atoms with Crippen molar-refractivity contribution in [3.63, 3.8) is 0 Å². The molecule has 0 radical (unpaired) electrons. The van der Waals surface area contributed by atoms with Gasteiger partial charge in [-0.2, -0.15) is 0 Å². The third kappa shape index (κ3) is 17.3. The third-order valence-corrected chi connectivity index (χ3v) is 7.93. The minimum atomic E-state index is -3.66. The van der Waals surface area contributed by atoms with E-state index in [4.69, 9.17) is 9.26 Å². The highest BCUT2D eigenvalue weighted by atomic mass is 31.2. The number of rotatable bonds is 23. The molecule has 0 aliphatic carbocycles. The molecule has 0 bridgehead atoms. The first-order valence-electron chi connectivity index (χ1n) is 13.6. The summed E-state index contributed by atoms with van der Waals surface area (Å²) in [4.78, 5) is 10.7. The van der Waals surface area contributed by atoms with Crippen LogP contribution in [0.15, 0.2) is 0 Å². The Balaban J connectivity index is 4.66. The van der Waals surface area contributed by atoms with Crippen molar-refractivity contribution in [3.05, 3.63) is 0 Å². The molecule has 0 aromatic carbocycles. The molecule has 0 aliphatic rings. The highest BCUT2D eigenvalue weighted by molar-refractivity contribution is 7.52. The van der Waals surface area contributed by atoms with Crippen LogP contribution in [-0.4, -0.2) is 24.0 Å². The first kappa shape index (κ1) is 31.1. The normalized spacial score (nSPS) is 16.7. The molecule has 0 rings (SSSR count). The number of ether oxygens (including phenoxy) is 1. The van der Waals surface area contributed by atoms with Crippen LogP contribution in [0.1, 0.15) is 137 Å². The van der Waals surface area contributed by atoms with Crippen LogP contribution in [0.3, 0.4) is 0 Å². The molecule has 0 spiro atoms. The second kappa shape index (κ2) is 20.7. The molecule has 4 unspecified atom stereocenters. The van der Waals surface area contributed by atoms with Gasteiger partial charge < -0.3 is 9.63 Å². The van der Waals surface area contributed by atoms with Gasteiger partial charge in [0.1, 0.15) is 0 Å². The SMILES string of the molecule is CCCCCCCCCCOC(OP(=O)(O)CC(CC)CCCC)C(CC)CCCC. The maximum atomic E-state index is 13.0. The summed E-state index contributed by atoms with van der Waals surface area (Å²) in [6.45, 7) is 11.5. The standard InChI is InChI=1S/C26H55O4P/c1-6-11-14-15-16-17-18-19-22-29-26(25(10-5)21-13-8-3)30-31(27,28)23-24(9-4)20-12-7-2/h24-26H,6-23H2,1-5H3,(H,27,28). The molecule has 1 N–H and O–H groups in total. The van der Waals surface area contributed by atoms with E-state index in [0.717, 1.165) is 64.2 Å². The maximum Gasteiger partial charge on any atom is 0.330 e. The highest BCUT2D eigenvalue weighted by Crippen LogP contribution is 2.48. The van der Waals surface area contributed by atoms with E-state index in [2.05, 4.69) is 34.6 Å². The fourth-order valence-electron chi connectivity index (χ4n) is 4.14. The average molecular weight is 463 g/mol. The Morgan fingerprint density at radius 3 is 1.81 bits per heavy atom. The van der Waals surface area contributed by atoms with Crippen molar-refractivity contribution in [2.45, 2.75) is 144 Å². The molecular formula is C26H55O4P. The van der Waals surface area contributed by atoms with Crippen molar-refractivity contribution in [1.82, 2.24) is 0 Å². The predicted octanol–water partition coefficient (Wildman–Crippen LogP) is 9.10. The minimum absolute atomic E-state index is 0.185. The summed E-state index contributed by atoms with van der Waals surface area (Å²) in [5.41, 5.74) is 0. The number of hydrogen-bond donors (Lipinski definition) is 1. The second-order valence-electron chi connectivity index (χ2n) is 9.37. The monoisotopic (exact) mass is 462 g/mol. The molecule has 5 heteroatoms. The van der Waals surface area contributed by atoms with Gasteiger partial charge in [-0.15, -0.1) is 0 Å². The topological polar surface area (TPSA) is 55.8 Å². The fraction of sp³-hybridized carbons (Fsp3) is 1.00. The van der Waals surface area contributed by atoms with Gasteiger partial charge in [0.05, 0.1) is 6.16 Å². The van der Waals surface area contributed by atoms with Crippen molar-refractivity contribution in [2.75, 3.05) is 12.8 Å². The average Bonchev–Trinajstić information content (AvgIpc) is 2.75. The van der Waals surface area contributed by atoms with E-state index in [0.29, 0.717) is 6.61 Å². The molecule has 0 saturated heterocycles. The van der Waals surface area contributed by atoms with Crippen LogP contribution in [-0.2, 0) is 13.8 Å². The van der Waals surface area contributed by atoms with Gasteiger partial charge in [0.15, 0.2) is 6.29 Å². The lowest BCUT2D eigenvalue weighted by atomic mass is 9.99. The molecular weight excluding hydrogens is 407 g/mol. The highest BCUT2D eigenvalue weighted by Gasteiger charge is 2.32. The van der Waals surface area contributed by atoms with Gasteiger partial charge >= 0.3 is 7.60 Å². The predicted molar refractivity (Wildman–Crippen MR) is 135 cm³/mol. The Morgan fingerprint density at radius 1 is 0.710 bits per heavy atom. The quantitative estimate of drug-likeness (QED) is 0.0934. The first-order valence-corrected chi connectivity index (χ1v) is 15.3. The zero-order valence-corrected chi connectivity index (χ0v) is 22.5. The summed E-state index contributed by atoms with van der Waals surface area (Å²) in [6, 6.07) is 0. The van der Waals surface area contributed by atoms with Gasteiger partial charge in [-0.3, -0.25) is 9.09 Å². The third-order valence-electron chi connectivity index (χ3n) is 6.42. The summed E-state index contributed by atoms with van der Waals surface area (Å²) in [7, 11) is -3.66. The van der Waals surface area contributed by atoms with E-state index in [9.17, 15) is 9.46 Å². The number of hydrogen-bond acceptors (Lipinski definition) is 3. The Kier molecular flexibility index (Phi) is 20.8. The molecule has 0 aromatic rings. The van der Waals surface area contributed by atoms with Crippen molar-refractivity contribution in [1.29, 1.82) is 0 Å². The Morgan fingerprint density at radius 2 is 1.26 bits per heavy atom. The largest absolute Gasteiger partial charge is 0.352 e. The van der Waals surface area contributed by atoms with Gasteiger partial charge in [0, 0.05) is 12.5 Å². The second-order valence-corrected chi connectivity index (χ2v) is 11.2. The van der Waals surface area contributed by atoms with Crippen molar-refractivity contribution in [3.8, 4) is 0 Å². The van der Waals surface area contributed by atoms with Crippen LogP contribution in [0.2, 0.25) is 0 Å². The lowest BCUT2D eigenvalue weighted by Crippen LogP contribution is -2.27. The van der Waals surface area contributed by atoms with Gasteiger partial charge in [-0.05, 0) is 31.6 Å². The molecule has 4 nitrogen and oxygen atoms in total. The summed E-state index contributed by atoms with van der Waals surface area (Å²) in [5.74, 6) is 0.435. The smallest absolute Gasteiger partial charge is 0.330 e. The Hall–Kier alpha value is 0.110. The summed E-state index contributed by atoms with van der Waals surface area (Å²) >= 11 is 0. The van der Waals surface area contributed by atoms with Gasteiger partial charge in [0.25, 0.3) is 0 Å². The van der Waals surface area contributed by atoms with Crippen LogP contribution < -0.4 is 0 Å². The lowest BCUT2D eigenvalue weighted by molar-refractivity contribution is -0.123. The molecule has 0 saturated carbocycles. The van der Waals surface area contributed by atoms with Gasteiger partial charge in [0.2, 0.25) is 0 Å². The van der Waals surface area contributed by atoms with Crippen LogP contribution >= 0.6 is 7.60 Å². The maximum absolute atomic E-state index is 13.0. The summed E-state index contributed by atoms with van der Waals surface area (Å²) < 4.78 is 24.9. The lowest BCUT2D eigenvalue weighted by Gasteiger charge is -2.29. The Bertz CT molecular complexity index is 430. The minimum Gasteiger partial charge on any atom is -0.352 e. The van der Waals surface area contributed by atoms with Crippen molar-refractivity contribution >= 4 is 7.60 Å². The fourth-order valence-corrected chi connectivity index (χ4v) is 5.87. The molecule has 0 aromatic heterocycles. The van der Waals surface area contributed by atoms with Crippen LogP contribution in [0.25, 0.3) is 0 Å². The van der Waals surface area contributed by atoms with Crippen molar-refractivity contribution in [2.24, 2.45) is 11.8 Å². The van der Waals surface area contributed by atoms with Crippen LogP contribution in [0.4, 0.5) is 0 Å². The Labute approximate surface area is 194 Å². The van der Waals surface area contributed by atoms with E-state index < -0.39 is 13.9 Å². The van der Waals surface area contributed by atoms with Gasteiger partial charge in [-0.25, -0.2) is 0 Å². The molecule has 0 aliphatic heterocycles. The molecule has 31 heavy (non-hydrogen) atoms. The van der Waals surface area contributed by atoms with E-state index in [1.54, 1.807) is 0 Å². The van der Waals surface area contributed by atoms with Crippen LogP contribution in [0, 0.1) is 11.8 Å². The van der Waals surface area contributed by atoms with E-state index in [1.807, 2.05) is 0 Å². The van der Waals surface area contributed by atoms with Crippen LogP contribution in [0.5, 0.6) is 0 Å². The van der Waals surface area contributed by atoms with E-state index in [1.165, 1.54) is 38.5 Å². The number of unbranched alkanes of at least 4 members (excludes halogenated alkanes) is 9.